The molecule has 384 valence electrons. The monoisotopic (exact) mass is 1050 g/mol. The minimum absolute atomic E-state index is 0.802. The molecule has 0 spiro atoms. The average Bonchev–Trinajstić information content (AvgIpc) is 3.91. The van der Waals surface area contributed by atoms with Crippen LogP contribution in [0.3, 0.4) is 0 Å². The fourth-order valence-electron chi connectivity index (χ4n) is 12.2. The van der Waals surface area contributed by atoms with Crippen LogP contribution in [0.25, 0.3) is 110 Å². The van der Waals surface area contributed by atoms with Gasteiger partial charge in [0.25, 0.3) is 0 Å². The van der Waals surface area contributed by atoms with E-state index in [4.69, 9.17) is 9.97 Å². The smallest absolute Gasteiger partial charge is 0.0973 e. The number of hydrogen-bond acceptors (Lipinski definition) is 6. The molecule has 0 radical (unpaired) electrons. The summed E-state index contributed by atoms with van der Waals surface area (Å²) >= 11 is 0. The normalized spacial score (nSPS) is 11.7. The maximum absolute atomic E-state index is 5.37. The summed E-state index contributed by atoms with van der Waals surface area (Å²) < 4.78 is 4.71. The number of fused-ring (bicyclic) bond motifs is 9. The second kappa shape index (κ2) is 19.3. The Hall–Kier alpha value is -11.2. The van der Waals surface area contributed by atoms with Crippen molar-refractivity contribution in [2.24, 2.45) is 0 Å². The highest BCUT2D eigenvalue weighted by molar-refractivity contribution is 6.10. The van der Waals surface area contributed by atoms with Gasteiger partial charge in [-0.1, -0.05) is 121 Å². The van der Waals surface area contributed by atoms with Crippen LogP contribution in [0.5, 0.6) is 0 Å². The highest BCUT2D eigenvalue weighted by atomic mass is 15.1. The summed E-state index contributed by atoms with van der Waals surface area (Å²) in [5, 5.41) is 9.35. The molecule has 16 aromatic rings. The van der Waals surface area contributed by atoms with Gasteiger partial charge in [-0.3, -0.25) is 9.97 Å². The third-order valence-electron chi connectivity index (χ3n) is 16.0. The molecule has 16 rings (SSSR count). The van der Waals surface area contributed by atoms with Crippen LogP contribution in [0, 0.1) is 0 Å². The second-order valence-corrected chi connectivity index (χ2v) is 20.8. The molecule has 8 heteroatoms. The number of aromatic nitrogens is 6. The van der Waals surface area contributed by atoms with Crippen LogP contribution >= 0.6 is 0 Å². The van der Waals surface area contributed by atoms with Crippen LogP contribution in [-0.4, -0.2) is 29.1 Å². The van der Waals surface area contributed by atoms with Gasteiger partial charge in [0.05, 0.1) is 44.5 Å². The molecule has 0 aliphatic heterocycles. The van der Waals surface area contributed by atoms with Crippen LogP contribution in [0.15, 0.2) is 292 Å². The van der Waals surface area contributed by atoms with Gasteiger partial charge in [0, 0.05) is 114 Å². The van der Waals surface area contributed by atoms with Gasteiger partial charge < -0.3 is 18.9 Å². The van der Waals surface area contributed by atoms with Crippen molar-refractivity contribution >= 4 is 110 Å². The van der Waals surface area contributed by atoms with Gasteiger partial charge >= 0.3 is 0 Å². The summed E-state index contributed by atoms with van der Waals surface area (Å²) in [6.07, 6.45) is 7.55. The Labute approximate surface area is 472 Å². The van der Waals surface area contributed by atoms with Gasteiger partial charge in [-0.05, 0) is 156 Å². The number of rotatable bonds is 10. The van der Waals surface area contributed by atoms with Crippen molar-refractivity contribution in [3.05, 3.63) is 292 Å². The van der Waals surface area contributed by atoms with E-state index in [1.807, 2.05) is 49.1 Å². The standard InChI is InChI=1S/C74H48N8/c1-7-17-69-63(11-1)64-12-2-8-18-70(64)81(69)59-37-33-57(34-38-59)79(61-31-21-49-41-43-75-47-53(49)45-61)55-27-23-51(24-28-55)73-74(78-68-16-6-5-15-67(68)77-73)52-25-29-56(30-26-52)80(62-32-22-50-42-44-76-48-54(50)46-62)58-35-39-60(40-36-58)82-71-19-9-3-13-65(71)66-14-4-10-20-72(66)82/h1-48H. The SMILES string of the molecule is c1ccc2nc(-c3ccc(N(c4ccc(-n5c6ccccc6c6ccccc65)cc4)c4ccc5ccncc5c4)cc3)c(-c3ccc(N(c4ccc(-n5c6ccccc6c6ccccc65)cc4)c4ccc5ccncc5c4)cc3)nc2c1. The Bertz CT molecular complexity index is 4670. The van der Waals surface area contributed by atoms with Crippen molar-refractivity contribution in [2.75, 3.05) is 9.80 Å². The molecule has 0 unspecified atom stereocenters. The molecule has 8 nitrogen and oxygen atoms in total. The number of nitrogens with zero attached hydrogens (tertiary/aromatic N) is 8. The molecule has 0 bridgehead atoms. The molecule has 5 aromatic heterocycles. The van der Waals surface area contributed by atoms with E-state index in [0.29, 0.717) is 0 Å². The quantitative estimate of drug-likeness (QED) is 0.136. The van der Waals surface area contributed by atoms with E-state index in [0.717, 1.165) is 101 Å². The minimum atomic E-state index is 0.802. The topological polar surface area (TPSA) is 67.9 Å². The van der Waals surface area contributed by atoms with Crippen molar-refractivity contribution in [1.29, 1.82) is 0 Å². The zero-order chi connectivity index (χ0) is 54.1. The van der Waals surface area contributed by atoms with Crippen molar-refractivity contribution in [3.63, 3.8) is 0 Å². The first kappa shape index (κ1) is 46.8. The van der Waals surface area contributed by atoms with E-state index < -0.39 is 0 Å². The molecule has 0 saturated heterocycles. The van der Waals surface area contributed by atoms with Crippen LogP contribution in [-0.2, 0) is 0 Å². The Kier molecular flexibility index (Phi) is 11.0. The molecule has 0 fully saturated rings. The Balaban J connectivity index is 0.777. The fourth-order valence-corrected chi connectivity index (χ4v) is 12.2. The first-order chi connectivity index (χ1) is 40.6. The van der Waals surface area contributed by atoms with Crippen molar-refractivity contribution in [3.8, 4) is 33.9 Å². The fraction of sp³-hybridized carbons (Fsp3) is 0. The van der Waals surface area contributed by atoms with Gasteiger partial charge in [0.15, 0.2) is 0 Å². The summed E-state index contributed by atoms with van der Waals surface area (Å²) in [5.41, 5.74) is 18.2. The van der Waals surface area contributed by atoms with E-state index in [-0.39, 0.29) is 0 Å². The first-order valence-electron chi connectivity index (χ1n) is 27.6. The lowest BCUT2D eigenvalue weighted by atomic mass is 10.0. The minimum Gasteiger partial charge on any atom is -0.310 e. The molecule has 11 aromatic carbocycles. The van der Waals surface area contributed by atoms with Gasteiger partial charge in [0.2, 0.25) is 0 Å². The van der Waals surface area contributed by atoms with Crippen molar-refractivity contribution < 1.29 is 0 Å². The summed E-state index contributed by atoms with van der Waals surface area (Å²) in [4.78, 5) is 24.3. The molecule has 82 heavy (non-hydrogen) atoms. The average molecular weight is 1050 g/mol. The van der Waals surface area contributed by atoms with Crippen LogP contribution < -0.4 is 9.80 Å². The van der Waals surface area contributed by atoms with E-state index >= 15 is 0 Å². The predicted molar refractivity (Wildman–Crippen MR) is 339 cm³/mol. The zero-order valence-corrected chi connectivity index (χ0v) is 44.3. The third-order valence-corrected chi connectivity index (χ3v) is 16.0. The van der Waals surface area contributed by atoms with Gasteiger partial charge in [0.1, 0.15) is 0 Å². The van der Waals surface area contributed by atoms with E-state index in [2.05, 4.69) is 272 Å². The zero-order valence-electron chi connectivity index (χ0n) is 44.3. The lowest BCUT2D eigenvalue weighted by molar-refractivity contribution is 1.17. The largest absolute Gasteiger partial charge is 0.310 e. The lowest BCUT2D eigenvalue weighted by Crippen LogP contribution is -2.10. The first-order valence-corrected chi connectivity index (χ1v) is 27.6. The van der Waals surface area contributed by atoms with E-state index in [1.54, 1.807) is 0 Å². The molecular formula is C74H48N8. The van der Waals surface area contributed by atoms with Crippen LogP contribution in [0.2, 0.25) is 0 Å². The molecule has 5 heterocycles. The molecular weight excluding hydrogens is 1000 g/mol. The van der Waals surface area contributed by atoms with Gasteiger partial charge in [-0.15, -0.1) is 0 Å². The van der Waals surface area contributed by atoms with Crippen molar-refractivity contribution in [1.82, 2.24) is 29.1 Å². The van der Waals surface area contributed by atoms with E-state index in [9.17, 15) is 0 Å². The van der Waals surface area contributed by atoms with Crippen molar-refractivity contribution in [2.45, 2.75) is 0 Å². The molecule has 0 amide bonds. The summed E-state index contributed by atoms with van der Waals surface area (Å²) in [6, 6.07) is 95.2. The number of anilines is 6. The van der Waals surface area contributed by atoms with E-state index in [1.165, 1.54) is 43.6 Å². The Morgan fingerprint density at radius 3 is 0.951 bits per heavy atom. The Morgan fingerprint density at radius 2 is 0.585 bits per heavy atom. The molecule has 0 aliphatic rings. The molecule has 0 saturated carbocycles. The highest BCUT2D eigenvalue weighted by Gasteiger charge is 2.21. The third kappa shape index (κ3) is 7.92. The number of para-hydroxylation sites is 6. The maximum atomic E-state index is 5.37. The summed E-state index contributed by atoms with van der Waals surface area (Å²) in [6.45, 7) is 0. The highest BCUT2D eigenvalue weighted by Crippen LogP contribution is 2.43. The number of pyridine rings is 2. The van der Waals surface area contributed by atoms with Crippen LogP contribution in [0.1, 0.15) is 0 Å². The summed E-state index contributed by atoms with van der Waals surface area (Å²) in [5.74, 6) is 0. The number of benzene rings is 11. The molecule has 0 aliphatic carbocycles. The maximum Gasteiger partial charge on any atom is 0.0973 e. The second-order valence-electron chi connectivity index (χ2n) is 20.8. The molecule has 0 atom stereocenters. The number of hydrogen-bond donors (Lipinski definition) is 0. The Morgan fingerprint density at radius 1 is 0.268 bits per heavy atom. The van der Waals surface area contributed by atoms with Gasteiger partial charge in [-0.2, -0.15) is 0 Å². The van der Waals surface area contributed by atoms with Gasteiger partial charge in [-0.25, -0.2) is 9.97 Å². The predicted octanol–water partition coefficient (Wildman–Crippen LogP) is 19.2. The summed E-state index contributed by atoms with van der Waals surface area (Å²) in [7, 11) is 0. The van der Waals surface area contributed by atoms with Crippen LogP contribution in [0.4, 0.5) is 34.1 Å². The molecule has 0 N–H and O–H groups in total. The lowest BCUT2D eigenvalue weighted by Gasteiger charge is -2.26.